The number of aromatic nitrogens is 2. The van der Waals surface area contributed by atoms with Crippen LogP contribution in [-0.2, 0) is 14.8 Å². The number of sulfonamides is 1. The summed E-state index contributed by atoms with van der Waals surface area (Å²) in [6, 6.07) is 12.6. The first-order valence-electron chi connectivity index (χ1n) is 9.59. The van der Waals surface area contributed by atoms with E-state index in [1.54, 1.807) is 31.2 Å². The van der Waals surface area contributed by atoms with Crippen LogP contribution in [0.1, 0.15) is 5.56 Å². The van der Waals surface area contributed by atoms with Crippen molar-refractivity contribution in [2.75, 3.05) is 31.6 Å². The van der Waals surface area contributed by atoms with Crippen molar-refractivity contribution in [3.63, 3.8) is 0 Å². The number of nitrogens with zero attached hydrogens (tertiary/aromatic N) is 3. The standard InChI is InChI=1S/C21H20ClFN4O3S/c1-14-2-3-15(12-20(14)31(28,29)27-8-10-30-11-9-27)18-6-7-21(26-25-18)24-19-5-4-16(23)13-17(19)22/h2-7,12-13H,8-11H2,1H3,(H,24,26). The predicted molar refractivity (Wildman–Crippen MR) is 116 cm³/mol. The zero-order valence-corrected chi connectivity index (χ0v) is 18.3. The lowest BCUT2D eigenvalue weighted by molar-refractivity contribution is 0.0730. The Morgan fingerprint density at radius 2 is 1.84 bits per heavy atom. The fourth-order valence-corrected chi connectivity index (χ4v) is 5.12. The molecule has 0 saturated carbocycles. The van der Waals surface area contributed by atoms with E-state index in [1.165, 1.54) is 22.5 Å². The molecular weight excluding hydrogens is 443 g/mol. The van der Waals surface area contributed by atoms with Crippen LogP contribution < -0.4 is 5.32 Å². The van der Waals surface area contributed by atoms with Crippen LogP contribution in [0.2, 0.25) is 5.02 Å². The molecule has 1 saturated heterocycles. The number of halogens is 2. The van der Waals surface area contributed by atoms with Crippen LogP contribution in [0.5, 0.6) is 0 Å². The minimum Gasteiger partial charge on any atom is -0.379 e. The lowest BCUT2D eigenvalue weighted by Gasteiger charge is -2.26. The Morgan fingerprint density at radius 1 is 1.06 bits per heavy atom. The lowest BCUT2D eigenvalue weighted by atomic mass is 10.1. The molecule has 1 aromatic heterocycles. The normalized spacial score (nSPS) is 15.1. The molecule has 0 spiro atoms. The molecule has 3 aromatic rings. The monoisotopic (exact) mass is 462 g/mol. The molecule has 1 aliphatic heterocycles. The molecule has 0 atom stereocenters. The van der Waals surface area contributed by atoms with Crippen LogP contribution >= 0.6 is 11.6 Å². The average Bonchev–Trinajstić information content (AvgIpc) is 2.77. The zero-order valence-electron chi connectivity index (χ0n) is 16.7. The summed E-state index contributed by atoms with van der Waals surface area (Å²) in [5.74, 6) is -0.00952. The Hall–Kier alpha value is -2.59. The molecule has 2 aromatic carbocycles. The second kappa shape index (κ2) is 8.88. The van der Waals surface area contributed by atoms with E-state index in [2.05, 4.69) is 15.5 Å². The number of rotatable bonds is 5. The summed E-state index contributed by atoms with van der Waals surface area (Å²) >= 11 is 6.03. The number of aryl methyl sites for hydroxylation is 1. The molecule has 4 rings (SSSR count). The summed E-state index contributed by atoms with van der Waals surface area (Å²) in [6.45, 7) is 3.20. The first kappa shape index (κ1) is 21.6. The number of hydrogen-bond donors (Lipinski definition) is 1. The van der Waals surface area contributed by atoms with Gasteiger partial charge in [0.05, 0.1) is 34.5 Å². The summed E-state index contributed by atoms with van der Waals surface area (Å²) in [6.07, 6.45) is 0. The molecule has 0 amide bonds. The van der Waals surface area contributed by atoms with E-state index in [9.17, 15) is 12.8 Å². The van der Waals surface area contributed by atoms with E-state index in [-0.39, 0.29) is 9.92 Å². The predicted octanol–water partition coefficient (Wildman–Crippen LogP) is 4.01. The van der Waals surface area contributed by atoms with Gasteiger partial charge in [0.1, 0.15) is 5.82 Å². The third-order valence-electron chi connectivity index (χ3n) is 4.93. The molecule has 1 N–H and O–H groups in total. The van der Waals surface area contributed by atoms with Crippen LogP contribution in [0.3, 0.4) is 0 Å². The van der Waals surface area contributed by atoms with Crippen molar-refractivity contribution in [1.29, 1.82) is 0 Å². The first-order chi connectivity index (χ1) is 14.8. The smallest absolute Gasteiger partial charge is 0.243 e. The van der Waals surface area contributed by atoms with Gasteiger partial charge >= 0.3 is 0 Å². The van der Waals surface area contributed by atoms with E-state index in [4.69, 9.17) is 16.3 Å². The Labute approximate surface area is 184 Å². The van der Waals surface area contributed by atoms with Crippen molar-refractivity contribution in [1.82, 2.24) is 14.5 Å². The lowest BCUT2D eigenvalue weighted by Crippen LogP contribution is -2.40. The van der Waals surface area contributed by atoms with Gasteiger partial charge < -0.3 is 10.1 Å². The summed E-state index contributed by atoms with van der Waals surface area (Å²) in [4.78, 5) is 0.244. The number of anilines is 2. The van der Waals surface area contributed by atoms with Crippen molar-refractivity contribution in [3.8, 4) is 11.3 Å². The minimum atomic E-state index is -3.63. The highest BCUT2D eigenvalue weighted by atomic mass is 35.5. The number of ether oxygens (including phenoxy) is 1. The summed E-state index contributed by atoms with van der Waals surface area (Å²) in [7, 11) is -3.63. The van der Waals surface area contributed by atoms with Crippen molar-refractivity contribution >= 4 is 33.1 Å². The maximum atomic E-state index is 13.2. The molecule has 10 heteroatoms. The van der Waals surface area contributed by atoms with Crippen molar-refractivity contribution < 1.29 is 17.5 Å². The van der Waals surface area contributed by atoms with Crippen LogP contribution in [0.15, 0.2) is 53.4 Å². The van der Waals surface area contributed by atoms with Crippen molar-refractivity contribution in [2.24, 2.45) is 0 Å². The fraction of sp³-hybridized carbons (Fsp3) is 0.238. The van der Waals surface area contributed by atoms with E-state index < -0.39 is 15.8 Å². The van der Waals surface area contributed by atoms with Gasteiger partial charge in [-0.15, -0.1) is 10.2 Å². The van der Waals surface area contributed by atoms with Gasteiger partial charge in [-0.3, -0.25) is 0 Å². The van der Waals surface area contributed by atoms with Crippen LogP contribution in [0.4, 0.5) is 15.9 Å². The zero-order chi connectivity index (χ0) is 22.0. The van der Waals surface area contributed by atoms with Gasteiger partial charge in [0.25, 0.3) is 0 Å². The molecule has 7 nitrogen and oxygen atoms in total. The number of hydrogen-bond acceptors (Lipinski definition) is 6. The van der Waals surface area contributed by atoms with Gasteiger partial charge in [0, 0.05) is 18.7 Å². The third kappa shape index (κ3) is 4.69. The second-order valence-electron chi connectivity index (χ2n) is 7.05. The Balaban J connectivity index is 1.59. The van der Waals surface area contributed by atoms with E-state index in [0.29, 0.717) is 54.6 Å². The fourth-order valence-electron chi connectivity index (χ4n) is 3.25. The SMILES string of the molecule is Cc1ccc(-c2ccc(Nc3ccc(F)cc3Cl)nn2)cc1S(=O)(=O)N1CCOCC1. The quantitative estimate of drug-likeness (QED) is 0.616. The maximum absolute atomic E-state index is 13.2. The van der Waals surface area contributed by atoms with Gasteiger partial charge in [-0.1, -0.05) is 23.7 Å². The van der Waals surface area contributed by atoms with Crippen LogP contribution in [0.25, 0.3) is 11.3 Å². The Bertz CT molecular complexity index is 1200. The second-order valence-corrected chi connectivity index (χ2v) is 9.36. The molecule has 0 unspecified atom stereocenters. The molecule has 2 heterocycles. The third-order valence-corrected chi connectivity index (χ3v) is 7.28. The molecule has 1 aliphatic rings. The van der Waals surface area contributed by atoms with E-state index >= 15 is 0 Å². The van der Waals surface area contributed by atoms with Gasteiger partial charge in [0.15, 0.2) is 5.82 Å². The number of nitrogens with one attached hydrogen (secondary N) is 1. The highest BCUT2D eigenvalue weighted by Gasteiger charge is 2.28. The molecular formula is C21H20ClFN4O3S. The summed E-state index contributed by atoms with van der Waals surface area (Å²) < 4.78 is 46.1. The molecule has 162 valence electrons. The highest BCUT2D eigenvalue weighted by molar-refractivity contribution is 7.89. The molecule has 31 heavy (non-hydrogen) atoms. The number of benzene rings is 2. The maximum Gasteiger partial charge on any atom is 0.243 e. The van der Waals surface area contributed by atoms with Gasteiger partial charge in [-0.2, -0.15) is 4.31 Å². The van der Waals surface area contributed by atoms with Crippen LogP contribution in [0, 0.1) is 12.7 Å². The summed E-state index contributed by atoms with van der Waals surface area (Å²) in [5, 5.41) is 11.5. The van der Waals surface area contributed by atoms with Crippen molar-refractivity contribution in [2.45, 2.75) is 11.8 Å². The minimum absolute atomic E-state index is 0.224. The molecule has 0 aliphatic carbocycles. The largest absolute Gasteiger partial charge is 0.379 e. The van der Waals surface area contributed by atoms with Gasteiger partial charge in [-0.05, 0) is 48.9 Å². The van der Waals surface area contributed by atoms with E-state index in [0.717, 1.165) is 0 Å². The summed E-state index contributed by atoms with van der Waals surface area (Å²) in [5.41, 5.74) is 2.32. The van der Waals surface area contributed by atoms with Crippen LogP contribution in [-0.4, -0.2) is 49.2 Å². The Kier molecular flexibility index (Phi) is 6.19. The molecule has 0 bridgehead atoms. The Morgan fingerprint density at radius 3 is 2.52 bits per heavy atom. The highest BCUT2D eigenvalue weighted by Crippen LogP contribution is 2.28. The van der Waals surface area contributed by atoms with Gasteiger partial charge in [-0.25, -0.2) is 12.8 Å². The van der Waals surface area contributed by atoms with Crippen molar-refractivity contribution in [3.05, 3.63) is 64.9 Å². The van der Waals surface area contributed by atoms with E-state index in [1.807, 2.05) is 6.07 Å². The molecule has 1 fully saturated rings. The first-order valence-corrected chi connectivity index (χ1v) is 11.4. The topological polar surface area (TPSA) is 84.4 Å². The van der Waals surface area contributed by atoms with Gasteiger partial charge in [0.2, 0.25) is 10.0 Å². The number of morpholine rings is 1. The molecule has 0 radical (unpaired) electrons. The average molecular weight is 463 g/mol.